The first-order chi connectivity index (χ1) is 8.69. The van der Waals surface area contributed by atoms with E-state index in [2.05, 4.69) is 5.10 Å². The van der Waals surface area contributed by atoms with Crippen LogP contribution in [0.3, 0.4) is 0 Å². The number of ether oxygens (including phenoxy) is 1. The number of carboxylic acids is 1. The van der Waals surface area contributed by atoms with E-state index in [-0.39, 0.29) is 5.56 Å². The predicted molar refractivity (Wildman–Crippen MR) is 65.6 cm³/mol. The summed E-state index contributed by atoms with van der Waals surface area (Å²) < 4.78 is 7.30. The molecule has 2 aromatic rings. The third-order valence-corrected chi connectivity index (χ3v) is 2.51. The van der Waals surface area contributed by atoms with Gasteiger partial charge in [0.2, 0.25) is 0 Å². The summed E-state index contributed by atoms with van der Waals surface area (Å²) in [5.74, 6) is -0.256. The van der Waals surface area contributed by atoms with Crippen LogP contribution in [-0.2, 0) is 13.2 Å². The molecule has 0 radical (unpaired) electrons. The molecular weight excluding hydrogens is 232 g/mol. The van der Waals surface area contributed by atoms with E-state index in [9.17, 15) is 4.79 Å². The summed E-state index contributed by atoms with van der Waals surface area (Å²) in [6, 6.07) is 6.70. The highest BCUT2D eigenvalue weighted by atomic mass is 16.5. The van der Waals surface area contributed by atoms with Gasteiger partial charge in [0.15, 0.2) is 5.75 Å². The molecule has 0 aliphatic carbocycles. The zero-order chi connectivity index (χ0) is 13.0. The number of benzene rings is 1. The minimum atomic E-state index is -0.935. The molecule has 2 rings (SSSR count). The molecule has 1 aromatic heterocycles. The molecule has 0 fully saturated rings. The van der Waals surface area contributed by atoms with E-state index in [1.165, 1.54) is 0 Å². The lowest BCUT2D eigenvalue weighted by molar-refractivity contribution is 0.0696. The Morgan fingerprint density at radius 1 is 1.50 bits per heavy atom. The Morgan fingerprint density at radius 3 is 3.00 bits per heavy atom. The summed E-state index contributed by atoms with van der Waals surface area (Å²) in [7, 11) is 0. The lowest BCUT2D eigenvalue weighted by Gasteiger charge is -2.04. The van der Waals surface area contributed by atoms with Crippen molar-refractivity contribution in [3.63, 3.8) is 0 Å². The highest BCUT2D eigenvalue weighted by Gasteiger charge is 2.04. The Balaban J connectivity index is 2.01. The molecule has 94 valence electrons. The van der Waals surface area contributed by atoms with Gasteiger partial charge in [-0.1, -0.05) is 12.1 Å². The number of rotatable bonds is 5. The average Bonchev–Trinajstić information content (AvgIpc) is 2.84. The molecule has 0 saturated heterocycles. The van der Waals surface area contributed by atoms with Crippen molar-refractivity contribution in [2.45, 2.75) is 20.1 Å². The van der Waals surface area contributed by atoms with Crippen LogP contribution in [0.15, 0.2) is 36.7 Å². The number of carbonyl (C=O) groups is 1. The third kappa shape index (κ3) is 2.88. The number of aryl methyl sites for hydroxylation is 1. The summed E-state index contributed by atoms with van der Waals surface area (Å²) in [4.78, 5) is 10.8. The maximum Gasteiger partial charge on any atom is 0.335 e. The second kappa shape index (κ2) is 5.35. The molecular formula is C13H14N2O3. The molecule has 0 spiro atoms. The van der Waals surface area contributed by atoms with Crippen molar-refractivity contribution in [2.75, 3.05) is 0 Å². The van der Waals surface area contributed by atoms with Gasteiger partial charge in [-0.05, 0) is 24.6 Å². The van der Waals surface area contributed by atoms with Gasteiger partial charge in [0.05, 0.1) is 18.0 Å². The van der Waals surface area contributed by atoms with Crippen LogP contribution in [-0.4, -0.2) is 20.9 Å². The minimum Gasteiger partial charge on any atom is -0.486 e. The zero-order valence-corrected chi connectivity index (χ0v) is 10.0. The fraction of sp³-hybridized carbons (Fsp3) is 0.231. The summed E-state index contributed by atoms with van der Waals surface area (Å²) >= 11 is 0. The van der Waals surface area contributed by atoms with Crippen LogP contribution in [0.1, 0.15) is 22.8 Å². The molecule has 5 nitrogen and oxygen atoms in total. The Bertz CT molecular complexity index is 549. The van der Waals surface area contributed by atoms with Crippen molar-refractivity contribution in [3.8, 4) is 5.75 Å². The van der Waals surface area contributed by atoms with E-state index in [4.69, 9.17) is 9.84 Å². The summed E-state index contributed by atoms with van der Waals surface area (Å²) in [5, 5.41) is 13.0. The number of nitrogens with zero attached hydrogens (tertiary/aromatic N) is 2. The normalized spacial score (nSPS) is 10.3. The average molecular weight is 246 g/mol. The lowest BCUT2D eigenvalue weighted by atomic mass is 10.1. The van der Waals surface area contributed by atoms with Gasteiger partial charge in [0.1, 0.15) is 6.61 Å². The number of carboxylic acid groups (broad SMARTS) is 1. The molecule has 0 bridgehead atoms. The van der Waals surface area contributed by atoms with Gasteiger partial charge in [-0.2, -0.15) is 5.10 Å². The Labute approximate surface area is 105 Å². The first-order valence-electron chi connectivity index (χ1n) is 5.66. The van der Waals surface area contributed by atoms with E-state index >= 15 is 0 Å². The monoisotopic (exact) mass is 246 g/mol. The third-order valence-electron chi connectivity index (χ3n) is 2.51. The molecule has 0 amide bonds. The van der Waals surface area contributed by atoms with Crippen molar-refractivity contribution in [1.29, 1.82) is 0 Å². The number of hydrogen-bond acceptors (Lipinski definition) is 3. The fourth-order valence-corrected chi connectivity index (χ4v) is 1.55. The van der Waals surface area contributed by atoms with Crippen molar-refractivity contribution < 1.29 is 14.6 Å². The van der Waals surface area contributed by atoms with Gasteiger partial charge >= 0.3 is 5.97 Å². The van der Waals surface area contributed by atoms with Crippen LogP contribution in [0, 0.1) is 0 Å². The van der Waals surface area contributed by atoms with Crippen molar-refractivity contribution >= 4 is 5.97 Å². The topological polar surface area (TPSA) is 64.3 Å². The maximum atomic E-state index is 10.8. The summed E-state index contributed by atoms with van der Waals surface area (Å²) in [6.45, 7) is 3.11. The smallest absolute Gasteiger partial charge is 0.335 e. The maximum absolute atomic E-state index is 10.8. The van der Waals surface area contributed by atoms with Crippen molar-refractivity contribution in [1.82, 2.24) is 9.78 Å². The van der Waals surface area contributed by atoms with Gasteiger partial charge in [-0.25, -0.2) is 4.79 Å². The number of hydrogen-bond donors (Lipinski definition) is 1. The van der Waals surface area contributed by atoms with Crippen LogP contribution in [0.25, 0.3) is 0 Å². The van der Waals surface area contributed by atoms with Crippen LogP contribution < -0.4 is 4.74 Å². The van der Waals surface area contributed by atoms with Crippen LogP contribution in [0.2, 0.25) is 0 Å². The lowest BCUT2D eigenvalue weighted by Crippen LogP contribution is -2.00. The molecule has 18 heavy (non-hydrogen) atoms. The number of aromatic nitrogens is 2. The molecule has 1 N–H and O–H groups in total. The Hall–Kier alpha value is -2.30. The molecule has 1 heterocycles. The van der Waals surface area contributed by atoms with Gasteiger partial charge in [-0.15, -0.1) is 0 Å². The van der Waals surface area contributed by atoms with Crippen LogP contribution in [0.5, 0.6) is 5.75 Å². The standard InChI is InChI=1S/C13H14N2O3/c1-2-15-8-12(7-14-15)18-9-10-4-3-5-11(6-10)13(16)17/h3-8H,2,9H2,1H3,(H,16,17). The summed E-state index contributed by atoms with van der Waals surface area (Å²) in [6.07, 6.45) is 3.45. The molecule has 0 aliphatic heterocycles. The summed E-state index contributed by atoms with van der Waals surface area (Å²) in [5.41, 5.74) is 1.08. The molecule has 0 atom stereocenters. The first-order valence-corrected chi connectivity index (χ1v) is 5.66. The first kappa shape index (κ1) is 12.2. The fourth-order valence-electron chi connectivity index (χ4n) is 1.55. The molecule has 0 aliphatic rings. The second-order valence-corrected chi connectivity index (χ2v) is 3.83. The van der Waals surface area contributed by atoms with E-state index in [1.807, 2.05) is 13.0 Å². The predicted octanol–water partition coefficient (Wildman–Crippen LogP) is 2.18. The van der Waals surface area contributed by atoms with Crippen molar-refractivity contribution in [2.24, 2.45) is 0 Å². The molecule has 0 saturated carbocycles. The highest BCUT2D eigenvalue weighted by molar-refractivity contribution is 5.87. The number of aromatic carboxylic acids is 1. The highest BCUT2D eigenvalue weighted by Crippen LogP contribution is 2.12. The molecule has 0 unspecified atom stereocenters. The second-order valence-electron chi connectivity index (χ2n) is 3.83. The van der Waals surface area contributed by atoms with Crippen LogP contribution >= 0.6 is 0 Å². The van der Waals surface area contributed by atoms with Crippen molar-refractivity contribution in [3.05, 3.63) is 47.8 Å². The molecule has 5 heteroatoms. The van der Waals surface area contributed by atoms with E-state index in [0.29, 0.717) is 12.4 Å². The van der Waals surface area contributed by atoms with Crippen LogP contribution in [0.4, 0.5) is 0 Å². The quantitative estimate of drug-likeness (QED) is 0.878. The largest absolute Gasteiger partial charge is 0.486 e. The van der Waals surface area contributed by atoms with Gasteiger partial charge in [0.25, 0.3) is 0 Å². The Morgan fingerprint density at radius 2 is 2.33 bits per heavy atom. The zero-order valence-electron chi connectivity index (χ0n) is 10.0. The Kier molecular flexibility index (Phi) is 3.62. The SMILES string of the molecule is CCn1cc(OCc2cccc(C(=O)O)c2)cn1. The van der Waals surface area contributed by atoms with E-state index in [0.717, 1.165) is 12.1 Å². The van der Waals surface area contributed by atoms with Gasteiger partial charge < -0.3 is 9.84 Å². The van der Waals surface area contributed by atoms with Gasteiger partial charge in [-0.3, -0.25) is 4.68 Å². The van der Waals surface area contributed by atoms with Gasteiger partial charge in [0, 0.05) is 6.54 Å². The van der Waals surface area contributed by atoms with E-state index in [1.54, 1.807) is 35.3 Å². The van der Waals surface area contributed by atoms with E-state index < -0.39 is 5.97 Å². The minimum absolute atomic E-state index is 0.264. The molecule has 1 aromatic carbocycles.